The van der Waals surface area contributed by atoms with E-state index in [0.717, 1.165) is 5.57 Å². The molecule has 1 aromatic carbocycles. The van der Waals surface area contributed by atoms with Crippen LogP contribution < -0.4 is 4.74 Å². The Morgan fingerprint density at radius 2 is 2.15 bits per heavy atom. The van der Waals surface area contributed by atoms with Crippen molar-refractivity contribution in [2.75, 3.05) is 6.61 Å². The van der Waals surface area contributed by atoms with Gasteiger partial charge in [0, 0.05) is 18.6 Å². The van der Waals surface area contributed by atoms with Crippen LogP contribution in [0.15, 0.2) is 29.0 Å². The number of carbonyl (C=O) groups excluding carboxylic acids is 2. The summed E-state index contributed by atoms with van der Waals surface area (Å²) in [4.78, 5) is 23.4. The normalized spacial score (nSPS) is 16.3. The van der Waals surface area contributed by atoms with Crippen molar-refractivity contribution in [2.24, 2.45) is 0 Å². The lowest BCUT2D eigenvalue weighted by molar-refractivity contribution is -0.131. The van der Waals surface area contributed by atoms with Gasteiger partial charge in [-0.3, -0.25) is 9.59 Å². The number of phenolic OH excluding ortho intramolecular Hbond substituents is 1. The molecule has 0 atom stereocenters. The molecule has 0 fully saturated rings. The van der Waals surface area contributed by atoms with Gasteiger partial charge >= 0.3 is 5.97 Å². The molecule has 20 heavy (non-hydrogen) atoms. The Kier molecular flexibility index (Phi) is 2.64. The highest BCUT2D eigenvalue weighted by Gasteiger charge is 2.33. The Balaban J connectivity index is 2.17. The molecule has 0 aromatic heterocycles. The molecule has 3 rings (SSSR count). The first-order valence-corrected chi connectivity index (χ1v) is 6.12. The van der Waals surface area contributed by atoms with Crippen LogP contribution in [0.3, 0.4) is 0 Å². The van der Waals surface area contributed by atoms with Crippen LogP contribution in [0.4, 0.5) is 0 Å². The lowest BCUT2D eigenvalue weighted by Crippen LogP contribution is -2.13. The molecule has 2 aliphatic rings. The van der Waals surface area contributed by atoms with E-state index in [1.807, 2.05) is 0 Å². The molecule has 0 saturated carbocycles. The average molecular weight is 272 g/mol. The van der Waals surface area contributed by atoms with Crippen molar-refractivity contribution < 1.29 is 24.2 Å². The molecular weight excluding hydrogens is 260 g/mol. The Hall–Kier alpha value is -2.56. The predicted octanol–water partition coefficient (Wildman–Crippen LogP) is 2.20. The molecule has 0 unspecified atom stereocenters. The zero-order chi connectivity index (χ0) is 14.4. The third-order valence-electron chi connectivity index (χ3n) is 3.28. The van der Waals surface area contributed by atoms with Crippen molar-refractivity contribution in [3.8, 4) is 11.5 Å². The predicted molar refractivity (Wildman–Crippen MR) is 70.4 cm³/mol. The van der Waals surface area contributed by atoms with E-state index in [1.54, 1.807) is 19.1 Å². The quantitative estimate of drug-likeness (QED) is 0.626. The van der Waals surface area contributed by atoms with Gasteiger partial charge in [-0.2, -0.15) is 0 Å². The first-order chi connectivity index (χ1) is 9.47. The number of allylic oxidation sites excluding steroid dienone is 1. The minimum Gasteiger partial charge on any atom is -0.507 e. The third kappa shape index (κ3) is 1.79. The fourth-order valence-corrected chi connectivity index (χ4v) is 2.50. The Morgan fingerprint density at radius 1 is 1.40 bits per heavy atom. The van der Waals surface area contributed by atoms with E-state index in [2.05, 4.69) is 0 Å². The van der Waals surface area contributed by atoms with Gasteiger partial charge in [0.2, 0.25) is 5.78 Å². The Bertz CT molecular complexity index is 709. The monoisotopic (exact) mass is 272 g/mol. The number of fused-ring (bicyclic) bond motifs is 2. The summed E-state index contributed by atoms with van der Waals surface area (Å²) in [6.07, 6.45) is 1.77. The van der Waals surface area contributed by atoms with E-state index in [4.69, 9.17) is 9.47 Å². The van der Waals surface area contributed by atoms with Gasteiger partial charge in [0.25, 0.3) is 0 Å². The molecule has 5 heteroatoms. The number of rotatable bonds is 1. The molecule has 0 spiro atoms. The molecule has 0 saturated heterocycles. The van der Waals surface area contributed by atoms with Crippen LogP contribution in [0.1, 0.15) is 29.8 Å². The molecule has 5 nitrogen and oxygen atoms in total. The van der Waals surface area contributed by atoms with Gasteiger partial charge in [-0.25, -0.2) is 0 Å². The first kappa shape index (κ1) is 12.5. The van der Waals surface area contributed by atoms with E-state index in [0.29, 0.717) is 23.5 Å². The SMILES string of the molecule is CC(=O)Oc1cc(O)c2c(c1)C=C1COC(C)=C1C2=O. The van der Waals surface area contributed by atoms with Crippen LogP contribution in [0.25, 0.3) is 6.08 Å². The van der Waals surface area contributed by atoms with Crippen molar-refractivity contribution >= 4 is 17.8 Å². The smallest absolute Gasteiger partial charge is 0.308 e. The maximum absolute atomic E-state index is 12.4. The molecule has 0 amide bonds. The zero-order valence-electron chi connectivity index (χ0n) is 11.0. The summed E-state index contributed by atoms with van der Waals surface area (Å²) in [6, 6.07) is 2.83. The van der Waals surface area contributed by atoms with Crippen LogP contribution in [0.5, 0.6) is 11.5 Å². The number of carbonyl (C=O) groups is 2. The molecule has 102 valence electrons. The number of Topliss-reactive ketones (excluding diaryl/α,β-unsaturated/α-hetero) is 1. The topological polar surface area (TPSA) is 72.8 Å². The zero-order valence-corrected chi connectivity index (χ0v) is 11.0. The molecular formula is C15H12O5. The second-order valence-electron chi connectivity index (χ2n) is 4.72. The highest BCUT2D eigenvalue weighted by Crippen LogP contribution is 2.40. The first-order valence-electron chi connectivity index (χ1n) is 6.12. The Morgan fingerprint density at radius 3 is 2.85 bits per heavy atom. The summed E-state index contributed by atoms with van der Waals surface area (Å²) < 4.78 is 10.3. The third-order valence-corrected chi connectivity index (χ3v) is 3.28. The van der Waals surface area contributed by atoms with Gasteiger partial charge in [-0.15, -0.1) is 0 Å². The number of ketones is 1. The van der Waals surface area contributed by atoms with E-state index >= 15 is 0 Å². The number of benzene rings is 1. The maximum Gasteiger partial charge on any atom is 0.308 e. The minimum atomic E-state index is -0.486. The second-order valence-corrected chi connectivity index (χ2v) is 4.72. The number of hydrogen-bond acceptors (Lipinski definition) is 5. The summed E-state index contributed by atoms with van der Waals surface area (Å²) in [7, 11) is 0. The standard InChI is InChI=1S/C15H12O5/c1-7-13-10(6-19-7)3-9-4-11(20-8(2)16)5-12(17)14(9)15(13)18/h3-5,17H,6H2,1-2H3. The van der Waals surface area contributed by atoms with Crippen molar-refractivity contribution in [1.29, 1.82) is 0 Å². The van der Waals surface area contributed by atoms with Crippen molar-refractivity contribution in [2.45, 2.75) is 13.8 Å². The van der Waals surface area contributed by atoms with Crippen LogP contribution in [0, 0.1) is 0 Å². The van der Waals surface area contributed by atoms with E-state index in [-0.39, 0.29) is 22.8 Å². The van der Waals surface area contributed by atoms with Gasteiger partial charge in [-0.05, 0) is 24.6 Å². The van der Waals surface area contributed by atoms with Gasteiger partial charge in [0.1, 0.15) is 23.9 Å². The maximum atomic E-state index is 12.4. The molecule has 1 aliphatic carbocycles. The van der Waals surface area contributed by atoms with Crippen molar-refractivity contribution in [3.05, 3.63) is 40.2 Å². The summed E-state index contributed by atoms with van der Waals surface area (Å²) >= 11 is 0. The van der Waals surface area contributed by atoms with Crippen molar-refractivity contribution in [1.82, 2.24) is 0 Å². The fraction of sp³-hybridized carbons (Fsp3) is 0.200. The van der Waals surface area contributed by atoms with Crippen molar-refractivity contribution in [3.63, 3.8) is 0 Å². The second kappa shape index (κ2) is 4.23. The molecule has 0 bridgehead atoms. The summed E-state index contributed by atoms with van der Waals surface area (Å²) in [5.41, 5.74) is 2.03. The molecule has 1 aliphatic heterocycles. The van der Waals surface area contributed by atoms with E-state index < -0.39 is 5.97 Å². The van der Waals surface area contributed by atoms with Gasteiger partial charge in [-0.1, -0.05) is 0 Å². The molecule has 0 radical (unpaired) electrons. The number of esters is 1. The molecule has 1 N–H and O–H groups in total. The van der Waals surface area contributed by atoms with Crippen LogP contribution in [0.2, 0.25) is 0 Å². The number of phenols is 1. The van der Waals surface area contributed by atoms with Crippen LogP contribution >= 0.6 is 0 Å². The van der Waals surface area contributed by atoms with Crippen LogP contribution in [-0.4, -0.2) is 23.5 Å². The van der Waals surface area contributed by atoms with Gasteiger partial charge < -0.3 is 14.6 Å². The number of hydrogen-bond donors (Lipinski definition) is 1. The average Bonchev–Trinajstić information content (AvgIpc) is 2.69. The van der Waals surface area contributed by atoms with Gasteiger partial charge in [0.05, 0.1) is 11.1 Å². The highest BCUT2D eigenvalue weighted by molar-refractivity contribution is 6.18. The summed E-state index contributed by atoms with van der Waals surface area (Å²) in [5.74, 6) is -0.178. The lowest BCUT2D eigenvalue weighted by atomic mass is 9.86. The Labute approximate surface area is 115 Å². The summed E-state index contributed by atoms with van der Waals surface area (Å²) in [6.45, 7) is 3.34. The van der Waals surface area contributed by atoms with E-state index in [9.17, 15) is 14.7 Å². The largest absolute Gasteiger partial charge is 0.507 e. The van der Waals surface area contributed by atoms with Crippen LogP contribution in [-0.2, 0) is 9.53 Å². The lowest BCUT2D eigenvalue weighted by Gasteiger charge is -2.16. The highest BCUT2D eigenvalue weighted by atomic mass is 16.5. The van der Waals surface area contributed by atoms with E-state index in [1.165, 1.54) is 13.0 Å². The van der Waals surface area contributed by atoms with Gasteiger partial charge in [0.15, 0.2) is 0 Å². The fourth-order valence-electron chi connectivity index (χ4n) is 2.50. The molecule has 1 heterocycles. The number of ether oxygens (including phenoxy) is 2. The summed E-state index contributed by atoms with van der Waals surface area (Å²) in [5, 5.41) is 10.0. The minimum absolute atomic E-state index is 0.203. The molecule has 1 aromatic rings. The number of aromatic hydroxyl groups is 1.